The SMILES string of the molecule is CC(C)(C)OC(=O)N(CC(N)Cc1ccc(C(F)(F)F)cc1)c1ncc(-c2ccc3cnncc3c2)s1. The third kappa shape index (κ3) is 6.80. The second kappa shape index (κ2) is 10.4. The van der Waals surface area contributed by atoms with Gasteiger partial charge in [0.1, 0.15) is 5.60 Å². The van der Waals surface area contributed by atoms with Crippen LogP contribution in [0.1, 0.15) is 31.9 Å². The Morgan fingerprint density at radius 3 is 2.35 bits per heavy atom. The molecule has 1 amide bonds. The molecule has 1 atom stereocenters. The highest BCUT2D eigenvalue weighted by Gasteiger charge is 2.30. The zero-order chi connectivity index (χ0) is 26.8. The molecule has 37 heavy (non-hydrogen) atoms. The molecule has 1 unspecified atom stereocenters. The summed E-state index contributed by atoms with van der Waals surface area (Å²) in [5.41, 5.74) is 6.41. The number of carbonyl (C=O) groups excluding carboxylic acids is 1. The topological polar surface area (TPSA) is 94.2 Å². The van der Waals surface area contributed by atoms with Gasteiger partial charge in [-0.25, -0.2) is 9.78 Å². The van der Waals surface area contributed by atoms with Crippen LogP contribution < -0.4 is 10.6 Å². The molecule has 11 heteroatoms. The number of nitrogens with two attached hydrogens (primary N) is 1. The van der Waals surface area contributed by atoms with Gasteiger partial charge in [0.25, 0.3) is 0 Å². The van der Waals surface area contributed by atoms with E-state index in [9.17, 15) is 18.0 Å². The number of anilines is 1. The van der Waals surface area contributed by atoms with Crippen LogP contribution in [0.3, 0.4) is 0 Å². The molecule has 2 N–H and O–H groups in total. The number of hydrogen-bond acceptors (Lipinski definition) is 7. The number of halogens is 3. The molecule has 4 aromatic rings. The highest BCUT2D eigenvalue weighted by Crippen LogP contribution is 2.34. The average molecular weight is 530 g/mol. The first-order valence-electron chi connectivity index (χ1n) is 11.5. The van der Waals surface area contributed by atoms with E-state index in [2.05, 4.69) is 15.2 Å². The number of carbonyl (C=O) groups is 1. The van der Waals surface area contributed by atoms with Crippen LogP contribution in [0.5, 0.6) is 0 Å². The number of rotatable bonds is 6. The molecule has 0 spiro atoms. The minimum atomic E-state index is -4.41. The van der Waals surface area contributed by atoms with Crippen LogP contribution in [0.15, 0.2) is 61.1 Å². The Balaban J connectivity index is 1.56. The van der Waals surface area contributed by atoms with Crippen molar-refractivity contribution in [2.24, 2.45) is 5.73 Å². The number of thiazole rings is 1. The molecule has 0 aliphatic carbocycles. The third-order valence-corrected chi connectivity index (χ3v) is 6.44. The van der Waals surface area contributed by atoms with Gasteiger partial charge in [0.05, 0.1) is 22.8 Å². The summed E-state index contributed by atoms with van der Waals surface area (Å²) in [5.74, 6) is 0. The maximum Gasteiger partial charge on any atom is 0.416 e. The quantitative estimate of drug-likeness (QED) is 0.325. The molecule has 0 radical (unpaired) electrons. The van der Waals surface area contributed by atoms with E-state index >= 15 is 0 Å². The summed E-state index contributed by atoms with van der Waals surface area (Å²) in [6.45, 7) is 5.35. The van der Waals surface area contributed by atoms with Gasteiger partial charge in [-0.2, -0.15) is 23.4 Å². The molecule has 4 rings (SSSR count). The van der Waals surface area contributed by atoms with Crippen LogP contribution in [0.4, 0.5) is 23.1 Å². The van der Waals surface area contributed by atoms with Crippen molar-refractivity contribution >= 4 is 33.3 Å². The summed E-state index contributed by atoms with van der Waals surface area (Å²) in [6, 6.07) is 10.1. The maximum atomic E-state index is 13.1. The first-order valence-corrected chi connectivity index (χ1v) is 12.3. The molecule has 7 nitrogen and oxygen atoms in total. The lowest BCUT2D eigenvalue weighted by atomic mass is 10.0. The number of aromatic nitrogens is 3. The Bertz CT molecular complexity index is 1380. The predicted molar refractivity (Wildman–Crippen MR) is 137 cm³/mol. The van der Waals surface area contributed by atoms with Crippen molar-refractivity contribution < 1.29 is 22.7 Å². The summed E-state index contributed by atoms with van der Waals surface area (Å²) >= 11 is 1.31. The monoisotopic (exact) mass is 529 g/mol. The van der Waals surface area contributed by atoms with Gasteiger partial charge in [0.2, 0.25) is 0 Å². The van der Waals surface area contributed by atoms with Crippen LogP contribution in [0.25, 0.3) is 21.2 Å². The molecule has 0 saturated carbocycles. The lowest BCUT2D eigenvalue weighted by Crippen LogP contribution is -2.44. The van der Waals surface area contributed by atoms with Crippen LogP contribution in [0, 0.1) is 0 Å². The summed E-state index contributed by atoms with van der Waals surface area (Å²) < 4.78 is 44.2. The van der Waals surface area contributed by atoms with E-state index in [1.165, 1.54) is 28.4 Å². The van der Waals surface area contributed by atoms with Crippen LogP contribution >= 0.6 is 11.3 Å². The van der Waals surface area contributed by atoms with Crippen molar-refractivity contribution in [3.63, 3.8) is 0 Å². The second-order valence-corrected chi connectivity index (χ2v) is 10.6. The van der Waals surface area contributed by atoms with Crippen molar-refractivity contribution in [3.05, 3.63) is 72.2 Å². The fourth-order valence-corrected chi connectivity index (χ4v) is 4.56. The van der Waals surface area contributed by atoms with Crippen molar-refractivity contribution in [1.82, 2.24) is 15.2 Å². The number of amides is 1. The van der Waals surface area contributed by atoms with Crippen molar-refractivity contribution in [2.75, 3.05) is 11.4 Å². The fourth-order valence-electron chi connectivity index (χ4n) is 3.65. The van der Waals surface area contributed by atoms with E-state index < -0.39 is 29.5 Å². The van der Waals surface area contributed by atoms with Gasteiger partial charge < -0.3 is 10.5 Å². The zero-order valence-electron chi connectivity index (χ0n) is 20.5. The molecular weight excluding hydrogens is 503 g/mol. The van der Waals surface area contributed by atoms with E-state index in [1.54, 1.807) is 39.4 Å². The molecular formula is C26H26F3N5O2S. The fraction of sp³-hybridized carbons (Fsp3) is 0.308. The Morgan fingerprint density at radius 2 is 1.70 bits per heavy atom. The van der Waals surface area contributed by atoms with Crippen molar-refractivity contribution in [2.45, 2.75) is 45.0 Å². The normalized spacial score (nSPS) is 12.9. The number of nitrogens with zero attached hydrogens (tertiary/aromatic N) is 4. The Kier molecular flexibility index (Phi) is 7.47. The molecule has 2 heterocycles. The molecule has 0 aliphatic heterocycles. The Labute approximate surface area is 216 Å². The van der Waals surface area contributed by atoms with E-state index in [0.717, 1.165) is 33.3 Å². The lowest BCUT2D eigenvalue weighted by molar-refractivity contribution is -0.137. The van der Waals surface area contributed by atoms with Gasteiger partial charge in [-0.15, -0.1) is 0 Å². The summed E-state index contributed by atoms with van der Waals surface area (Å²) in [4.78, 5) is 19.8. The number of fused-ring (bicyclic) bond motifs is 1. The molecule has 2 aromatic carbocycles. The second-order valence-electron chi connectivity index (χ2n) is 9.59. The molecule has 194 valence electrons. The van der Waals surface area contributed by atoms with E-state index in [-0.39, 0.29) is 13.0 Å². The highest BCUT2D eigenvalue weighted by molar-refractivity contribution is 7.19. The largest absolute Gasteiger partial charge is 0.443 e. The third-order valence-electron chi connectivity index (χ3n) is 5.37. The number of hydrogen-bond donors (Lipinski definition) is 1. The van der Waals surface area contributed by atoms with Crippen LogP contribution in [-0.2, 0) is 17.3 Å². The van der Waals surface area contributed by atoms with Crippen LogP contribution in [-0.4, -0.2) is 39.5 Å². The minimum absolute atomic E-state index is 0.0657. The smallest absolute Gasteiger partial charge is 0.416 e. The van der Waals surface area contributed by atoms with Crippen molar-refractivity contribution in [1.29, 1.82) is 0 Å². The van der Waals surface area contributed by atoms with Gasteiger partial charge in [0.15, 0.2) is 5.13 Å². The minimum Gasteiger partial charge on any atom is -0.443 e. The number of benzene rings is 2. The predicted octanol–water partition coefficient (Wildman–Crippen LogP) is 6.08. The average Bonchev–Trinajstić information content (AvgIpc) is 3.31. The number of ether oxygens (including phenoxy) is 1. The molecule has 0 fully saturated rings. The van der Waals surface area contributed by atoms with Crippen molar-refractivity contribution in [3.8, 4) is 10.4 Å². The van der Waals surface area contributed by atoms with Gasteiger partial charge in [-0.05, 0) is 56.5 Å². The van der Waals surface area contributed by atoms with E-state index in [4.69, 9.17) is 10.5 Å². The Morgan fingerprint density at radius 1 is 1.03 bits per heavy atom. The summed E-state index contributed by atoms with van der Waals surface area (Å²) in [7, 11) is 0. The van der Waals surface area contributed by atoms with Gasteiger partial charge in [-0.3, -0.25) is 4.90 Å². The van der Waals surface area contributed by atoms with Gasteiger partial charge >= 0.3 is 12.3 Å². The van der Waals surface area contributed by atoms with Gasteiger partial charge in [-0.1, -0.05) is 35.6 Å². The lowest BCUT2D eigenvalue weighted by Gasteiger charge is -2.27. The number of alkyl halides is 3. The Hall–Kier alpha value is -3.57. The standard InChI is InChI=1S/C26H26F3N5O2S/c1-25(2,3)36-24(35)34(15-21(30)10-16-4-8-20(9-5-16)26(27,28)29)23-31-14-22(37-23)17-6-7-18-12-32-33-13-19(18)11-17/h4-9,11-14,21H,10,15,30H2,1-3H3. The maximum absolute atomic E-state index is 13.1. The van der Waals surface area contributed by atoms with E-state index in [0.29, 0.717) is 10.7 Å². The molecule has 2 aromatic heterocycles. The first-order chi connectivity index (χ1) is 17.4. The highest BCUT2D eigenvalue weighted by atomic mass is 32.1. The first kappa shape index (κ1) is 26.5. The molecule has 0 saturated heterocycles. The summed E-state index contributed by atoms with van der Waals surface area (Å²) in [6.07, 6.45) is 0.281. The van der Waals surface area contributed by atoms with Gasteiger partial charge in [0, 0.05) is 29.6 Å². The van der Waals surface area contributed by atoms with E-state index in [1.807, 2.05) is 18.2 Å². The zero-order valence-corrected chi connectivity index (χ0v) is 21.3. The molecule has 0 bridgehead atoms. The molecule has 0 aliphatic rings. The summed E-state index contributed by atoms with van der Waals surface area (Å²) in [5, 5.41) is 10.1. The van der Waals surface area contributed by atoms with Crippen LogP contribution in [0.2, 0.25) is 0 Å².